The molecule has 9 heteroatoms. The van der Waals surface area contributed by atoms with E-state index in [0.29, 0.717) is 24.9 Å². The van der Waals surface area contributed by atoms with Crippen LogP contribution in [0.4, 0.5) is 11.6 Å². The number of nitrogens with zero attached hydrogens (tertiary/aromatic N) is 3. The lowest BCUT2D eigenvalue weighted by Gasteiger charge is -2.36. The minimum Gasteiger partial charge on any atom is -0.497 e. The van der Waals surface area contributed by atoms with Crippen molar-refractivity contribution >= 4 is 32.7 Å². The molecule has 0 N–H and O–H groups in total. The summed E-state index contributed by atoms with van der Waals surface area (Å²) in [6.45, 7) is 4.61. The summed E-state index contributed by atoms with van der Waals surface area (Å²) < 4.78 is 38.5. The number of piperazine rings is 1. The summed E-state index contributed by atoms with van der Waals surface area (Å²) in [6.07, 6.45) is 0. The predicted octanol–water partition coefficient (Wildman–Crippen LogP) is 4.88. The van der Waals surface area contributed by atoms with Crippen molar-refractivity contribution in [2.24, 2.45) is 0 Å². The van der Waals surface area contributed by atoms with Gasteiger partial charge in [0.05, 0.1) is 16.9 Å². The Bertz CT molecular complexity index is 1350. The van der Waals surface area contributed by atoms with Crippen LogP contribution in [-0.2, 0) is 9.84 Å². The molecule has 2 aromatic carbocycles. The van der Waals surface area contributed by atoms with E-state index in [1.165, 1.54) is 11.3 Å². The fourth-order valence-corrected chi connectivity index (χ4v) is 5.94. The molecule has 176 valence electrons. The van der Waals surface area contributed by atoms with E-state index < -0.39 is 9.84 Å². The molecule has 0 bridgehead atoms. The van der Waals surface area contributed by atoms with Crippen LogP contribution in [0.15, 0.2) is 80.4 Å². The molecule has 7 nitrogen and oxygen atoms in total. The minimum atomic E-state index is -3.85. The van der Waals surface area contributed by atoms with E-state index in [4.69, 9.17) is 9.15 Å². The summed E-state index contributed by atoms with van der Waals surface area (Å²) in [5.74, 6) is 1.45. The topological polar surface area (TPSA) is 75.9 Å². The number of thiophene rings is 1. The van der Waals surface area contributed by atoms with Crippen molar-refractivity contribution in [1.29, 1.82) is 0 Å². The molecule has 3 heterocycles. The molecule has 1 fully saturated rings. The van der Waals surface area contributed by atoms with Gasteiger partial charge in [0.1, 0.15) is 5.75 Å². The van der Waals surface area contributed by atoms with Crippen molar-refractivity contribution < 1.29 is 17.6 Å². The van der Waals surface area contributed by atoms with Gasteiger partial charge in [0.2, 0.25) is 26.6 Å². The number of anilines is 2. The molecular formula is C25H25N3O4S2. The van der Waals surface area contributed by atoms with Crippen LogP contribution in [0.2, 0.25) is 0 Å². The summed E-state index contributed by atoms with van der Waals surface area (Å²) >= 11 is 1.47. The van der Waals surface area contributed by atoms with Crippen molar-refractivity contribution in [1.82, 2.24) is 4.98 Å². The van der Waals surface area contributed by atoms with Crippen molar-refractivity contribution in [3.8, 4) is 16.5 Å². The number of oxazole rings is 1. The number of ether oxygens (including phenoxy) is 1. The number of aryl methyl sites for hydroxylation is 1. The Kier molecular flexibility index (Phi) is 6.05. The van der Waals surface area contributed by atoms with Crippen molar-refractivity contribution in [2.75, 3.05) is 43.1 Å². The summed E-state index contributed by atoms with van der Waals surface area (Å²) in [5, 5.41) is 1.89. The molecule has 1 saturated heterocycles. The Labute approximate surface area is 203 Å². The molecule has 0 spiro atoms. The predicted molar refractivity (Wildman–Crippen MR) is 134 cm³/mol. The molecule has 0 radical (unpaired) electrons. The fourth-order valence-electron chi connectivity index (χ4n) is 3.97. The Hall–Kier alpha value is -3.30. The van der Waals surface area contributed by atoms with Crippen LogP contribution in [0.5, 0.6) is 5.75 Å². The van der Waals surface area contributed by atoms with Crippen molar-refractivity contribution in [2.45, 2.75) is 16.8 Å². The second kappa shape index (κ2) is 9.15. The molecule has 0 aliphatic carbocycles. The molecular weight excluding hydrogens is 470 g/mol. The van der Waals surface area contributed by atoms with Crippen LogP contribution in [0.3, 0.4) is 0 Å². The highest BCUT2D eigenvalue weighted by molar-refractivity contribution is 7.91. The highest BCUT2D eigenvalue weighted by Gasteiger charge is 2.33. The van der Waals surface area contributed by atoms with Gasteiger partial charge in [-0.3, -0.25) is 0 Å². The number of aromatic nitrogens is 1. The number of methoxy groups -OCH3 is 1. The Morgan fingerprint density at radius 1 is 0.941 bits per heavy atom. The second-order valence-corrected chi connectivity index (χ2v) is 10.9. The first-order valence-corrected chi connectivity index (χ1v) is 13.3. The zero-order valence-corrected chi connectivity index (χ0v) is 20.6. The highest BCUT2D eigenvalue weighted by Crippen LogP contribution is 2.36. The maximum Gasteiger partial charge on any atom is 0.240 e. The van der Waals surface area contributed by atoms with Crippen LogP contribution in [0.25, 0.3) is 10.8 Å². The summed E-state index contributed by atoms with van der Waals surface area (Å²) in [5.41, 5.74) is 2.10. The van der Waals surface area contributed by atoms with Gasteiger partial charge in [0, 0.05) is 31.9 Å². The van der Waals surface area contributed by atoms with Gasteiger partial charge in [-0.2, -0.15) is 4.98 Å². The number of hydrogen-bond donors (Lipinski definition) is 0. The summed E-state index contributed by atoms with van der Waals surface area (Å²) in [4.78, 5) is 9.73. The van der Waals surface area contributed by atoms with E-state index in [0.717, 1.165) is 35.0 Å². The maximum absolute atomic E-state index is 13.6. The van der Waals surface area contributed by atoms with Crippen LogP contribution in [-0.4, -0.2) is 46.7 Å². The van der Waals surface area contributed by atoms with Gasteiger partial charge < -0.3 is 19.0 Å². The first kappa shape index (κ1) is 22.5. The lowest BCUT2D eigenvalue weighted by Crippen LogP contribution is -2.46. The van der Waals surface area contributed by atoms with E-state index in [9.17, 15) is 8.42 Å². The molecule has 4 aromatic rings. The zero-order chi connectivity index (χ0) is 23.7. The Morgan fingerprint density at radius 2 is 1.62 bits per heavy atom. The molecule has 34 heavy (non-hydrogen) atoms. The molecule has 2 aromatic heterocycles. The molecule has 1 aliphatic rings. The average Bonchev–Trinajstić information content (AvgIpc) is 3.55. The van der Waals surface area contributed by atoms with Crippen molar-refractivity contribution in [3.63, 3.8) is 0 Å². The van der Waals surface area contributed by atoms with Gasteiger partial charge in [-0.15, -0.1) is 11.3 Å². The zero-order valence-electron chi connectivity index (χ0n) is 19.0. The first-order valence-electron chi connectivity index (χ1n) is 11.0. The Morgan fingerprint density at radius 3 is 2.24 bits per heavy atom. The molecule has 1 aliphatic heterocycles. The van der Waals surface area contributed by atoms with Crippen LogP contribution in [0, 0.1) is 6.92 Å². The van der Waals surface area contributed by atoms with Gasteiger partial charge >= 0.3 is 0 Å². The van der Waals surface area contributed by atoms with E-state index in [2.05, 4.69) is 9.88 Å². The largest absolute Gasteiger partial charge is 0.497 e. The van der Waals surface area contributed by atoms with Gasteiger partial charge in [0.25, 0.3) is 0 Å². The number of rotatable bonds is 6. The van der Waals surface area contributed by atoms with E-state index >= 15 is 0 Å². The molecule has 5 rings (SSSR count). The highest BCUT2D eigenvalue weighted by atomic mass is 32.2. The third-order valence-corrected chi connectivity index (χ3v) is 8.43. The van der Waals surface area contributed by atoms with Crippen molar-refractivity contribution in [3.05, 3.63) is 71.6 Å². The monoisotopic (exact) mass is 495 g/mol. The lowest BCUT2D eigenvalue weighted by atomic mass is 10.2. The van der Waals surface area contributed by atoms with Gasteiger partial charge in [-0.1, -0.05) is 23.8 Å². The second-order valence-electron chi connectivity index (χ2n) is 8.10. The number of hydrogen-bond acceptors (Lipinski definition) is 8. The average molecular weight is 496 g/mol. The van der Waals surface area contributed by atoms with E-state index in [1.807, 2.05) is 53.6 Å². The third-order valence-electron chi connectivity index (χ3n) is 5.90. The first-order chi connectivity index (χ1) is 16.5. The van der Waals surface area contributed by atoms with Gasteiger partial charge in [-0.25, -0.2) is 8.42 Å². The summed E-state index contributed by atoms with van der Waals surface area (Å²) in [6, 6.07) is 18.5. The van der Waals surface area contributed by atoms with Crippen LogP contribution >= 0.6 is 11.3 Å². The minimum absolute atomic E-state index is 0.0300. The van der Waals surface area contributed by atoms with Crippen LogP contribution < -0.4 is 14.5 Å². The molecule has 0 amide bonds. The van der Waals surface area contributed by atoms with E-state index in [1.54, 1.807) is 31.4 Å². The smallest absolute Gasteiger partial charge is 0.240 e. The Balaban J connectivity index is 1.45. The molecule has 0 saturated carbocycles. The van der Waals surface area contributed by atoms with Gasteiger partial charge in [0.15, 0.2) is 0 Å². The third kappa shape index (κ3) is 4.28. The standard InChI is InChI=1S/C25H25N3O4S2/c1-18-5-11-21(12-6-18)34(29,30)24-25(32-23(26-24)22-4-3-17-33-22)28-15-13-27(14-16-28)19-7-9-20(31-2)10-8-19/h3-12,17H,13-16H2,1-2H3. The lowest BCUT2D eigenvalue weighted by molar-refractivity contribution is 0.415. The number of sulfone groups is 1. The molecule has 0 unspecified atom stereocenters. The maximum atomic E-state index is 13.6. The normalized spacial score (nSPS) is 14.4. The fraction of sp³-hybridized carbons (Fsp3) is 0.240. The molecule has 0 atom stereocenters. The van der Waals surface area contributed by atoms with E-state index in [-0.39, 0.29) is 9.92 Å². The number of benzene rings is 2. The SMILES string of the molecule is COc1ccc(N2CCN(c3oc(-c4cccs4)nc3S(=O)(=O)c3ccc(C)cc3)CC2)cc1. The quantitative estimate of drug-likeness (QED) is 0.377. The summed E-state index contributed by atoms with van der Waals surface area (Å²) in [7, 11) is -2.20. The van der Waals surface area contributed by atoms with Gasteiger partial charge in [-0.05, 0) is 54.8 Å². The van der Waals surface area contributed by atoms with Crippen LogP contribution in [0.1, 0.15) is 5.56 Å².